The minimum absolute atomic E-state index is 0.550. The van der Waals surface area contributed by atoms with Gasteiger partial charge < -0.3 is 9.73 Å². The molecule has 0 atom stereocenters. The predicted molar refractivity (Wildman–Crippen MR) is 65.0 cm³/mol. The fourth-order valence-electron chi connectivity index (χ4n) is 1.54. The molecule has 0 amide bonds. The van der Waals surface area contributed by atoms with Gasteiger partial charge in [0.25, 0.3) is 6.01 Å². The lowest BCUT2D eigenvalue weighted by Crippen LogP contribution is -1.92. The van der Waals surface area contributed by atoms with Crippen molar-refractivity contribution in [1.29, 1.82) is 0 Å². The maximum atomic E-state index is 5.93. The van der Waals surface area contributed by atoms with Crippen molar-refractivity contribution in [3.05, 3.63) is 46.3 Å². The monoisotopic (exact) mass is 236 g/mol. The van der Waals surface area contributed by atoms with Crippen LogP contribution in [0.4, 0.5) is 6.01 Å². The van der Waals surface area contributed by atoms with Crippen molar-refractivity contribution in [2.45, 2.75) is 13.3 Å². The standard InChI is InChI=1S/C12H13ClN2O/c1-8-11(15-12(14-2)16-8)7-9-4-3-5-10(13)6-9/h3-6H,7H2,1-2H3,(H,14,15). The summed E-state index contributed by atoms with van der Waals surface area (Å²) in [5, 5.41) is 3.62. The van der Waals surface area contributed by atoms with E-state index in [1.807, 2.05) is 31.2 Å². The van der Waals surface area contributed by atoms with Crippen molar-refractivity contribution in [2.75, 3.05) is 12.4 Å². The number of benzene rings is 1. The molecule has 0 aliphatic rings. The molecular weight excluding hydrogens is 224 g/mol. The van der Waals surface area contributed by atoms with Gasteiger partial charge in [-0.2, -0.15) is 4.98 Å². The Hall–Kier alpha value is -1.48. The quantitative estimate of drug-likeness (QED) is 0.889. The molecule has 0 aliphatic carbocycles. The largest absolute Gasteiger partial charge is 0.429 e. The smallest absolute Gasteiger partial charge is 0.294 e. The van der Waals surface area contributed by atoms with Gasteiger partial charge in [0.2, 0.25) is 0 Å². The van der Waals surface area contributed by atoms with Gasteiger partial charge in [-0.1, -0.05) is 23.7 Å². The van der Waals surface area contributed by atoms with Crippen LogP contribution in [0.5, 0.6) is 0 Å². The Morgan fingerprint density at radius 3 is 2.88 bits per heavy atom. The first-order chi connectivity index (χ1) is 7.69. The van der Waals surface area contributed by atoms with E-state index < -0.39 is 0 Å². The first-order valence-electron chi connectivity index (χ1n) is 5.07. The number of hydrogen-bond acceptors (Lipinski definition) is 3. The van der Waals surface area contributed by atoms with Gasteiger partial charge in [0.05, 0.1) is 5.69 Å². The lowest BCUT2D eigenvalue weighted by atomic mass is 10.1. The van der Waals surface area contributed by atoms with Gasteiger partial charge in [-0.05, 0) is 24.6 Å². The average molecular weight is 237 g/mol. The molecule has 16 heavy (non-hydrogen) atoms. The number of aromatic nitrogens is 1. The van der Waals surface area contributed by atoms with Gasteiger partial charge in [0.15, 0.2) is 0 Å². The van der Waals surface area contributed by atoms with Crippen molar-refractivity contribution >= 4 is 17.6 Å². The Balaban J connectivity index is 2.23. The van der Waals surface area contributed by atoms with Crippen LogP contribution in [0.1, 0.15) is 17.0 Å². The topological polar surface area (TPSA) is 38.1 Å². The number of rotatable bonds is 3. The third-order valence-corrected chi connectivity index (χ3v) is 2.60. The molecule has 0 saturated carbocycles. The fourth-order valence-corrected chi connectivity index (χ4v) is 1.75. The van der Waals surface area contributed by atoms with Crippen molar-refractivity contribution in [3.8, 4) is 0 Å². The Morgan fingerprint density at radius 1 is 1.44 bits per heavy atom. The van der Waals surface area contributed by atoms with Crippen molar-refractivity contribution in [3.63, 3.8) is 0 Å². The number of aryl methyl sites for hydroxylation is 1. The highest BCUT2D eigenvalue weighted by Crippen LogP contribution is 2.19. The molecule has 1 aromatic heterocycles. The van der Waals surface area contributed by atoms with Gasteiger partial charge in [-0.25, -0.2) is 0 Å². The molecule has 0 saturated heterocycles. The summed E-state index contributed by atoms with van der Waals surface area (Å²) in [5.41, 5.74) is 2.07. The second kappa shape index (κ2) is 4.58. The summed E-state index contributed by atoms with van der Waals surface area (Å²) in [5.74, 6) is 0.837. The lowest BCUT2D eigenvalue weighted by Gasteiger charge is -1.99. The Kier molecular flexibility index (Phi) is 3.15. The molecule has 84 valence electrons. The zero-order valence-corrected chi connectivity index (χ0v) is 10.0. The first kappa shape index (κ1) is 11.0. The third kappa shape index (κ3) is 2.36. The van der Waals surface area contributed by atoms with Crippen LogP contribution in [0, 0.1) is 6.92 Å². The summed E-state index contributed by atoms with van der Waals surface area (Å²) < 4.78 is 5.41. The van der Waals surface area contributed by atoms with Crippen LogP contribution in [-0.4, -0.2) is 12.0 Å². The van der Waals surface area contributed by atoms with Crippen LogP contribution in [0.2, 0.25) is 5.02 Å². The van der Waals surface area contributed by atoms with Crippen molar-refractivity contribution < 1.29 is 4.42 Å². The summed E-state index contributed by atoms with van der Waals surface area (Å²) in [6.45, 7) is 1.91. The molecule has 0 aliphatic heterocycles. The van der Waals surface area contributed by atoms with Crippen LogP contribution in [0.15, 0.2) is 28.7 Å². The maximum Gasteiger partial charge on any atom is 0.294 e. The molecule has 0 bridgehead atoms. The molecule has 0 fully saturated rings. The minimum Gasteiger partial charge on any atom is -0.429 e. The van der Waals surface area contributed by atoms with E-state index in [2.05, 4.69) is 10.3 Å². The lowest BCUT2D eigenvalue weighted by molar-refractivity contribution is 0.541. The Labute approximate surface area is 99.5 Å². The summed E-state index contributed by atoms with van der Waals surface area (Å²) >= 11 is 5.93. The molecule has 1 N–H and O–H groups in total. The molecule has 1 aromatic carbocycles. The minimum atomic E-state index is 0.550. The highest BCUT2D eigenvalue weighted by Gasteiger charge is 2.08. The molecule has 2 rings (SSSR count). The Morgan fingerprint density at radius 2 is 2.25 bits per heavy atom. The maximum absolute atomic E-state index is 5.93. The van der Waals surface area contributed by atoms with E-state index in [0.29, 0.717) is 6.01 Å². The van der Waals surface area contributed by atoms with Crippen LogP contribution in [0.3, 0.4) is 0 Å². The van der Waals surface area contributed by atoms with E-state index in [-0.39, 0.29) is 0 Å². The molecule has 4 heteroatoms. The highest BCUT2D eigenvalue weighted by molar-refractivity contribution is 6.30. The van der Waals surface area contributed by atoms with E-state index in [1.54, 1.807) is 7.05 Å². The number of nitrogens with zero attached hydrogens (tertiary/aromatic N) is 1. The van der Waals surface area contributed by atoms with Gasteiger partial charge in [-0.15, -0.1) is 0 Å². The van der Waals surface area contributed by atoms with E-state index in [4.69, 9.17) is 16.0 Å². The molecule has 0 unspecified atom stereocenters. The van der Waals surface area contributed by atoms with Crippen LogP contribution in [-0.2, 0) is 6.42 Å². The fraction of sp³-hybridized carbons (Fsp3) is 0.250. The summed E-state index contributed by atoms with van der Waals surface area (Å²) in [7, 11) is 1.79. The molecular formula is C12H13ClN2O. The number of hydrogen-bond donors (Lipinski definition) is 1. The second-order valence-corrected chi connectivity index (χ2v) is 4.02. The number of nitrogens with one attached hydrogen (secondary N) is 1. The zero-order valence-electron chi connectivity index (χ0n) is 9.25. The first-order valence-corrected chi connectivity index (χ1v) is 5.45. The van der Waals surface area contributed by atoms with Gasteiger partial charge >= 0.3 is 0 Å². The van der Waals surface area contributed by atoms with Crippen molar-refractivity contribution in [2.24, 2.45) is 0 Å². The Bertz CT molecular complexity index is 494. The normalized spacial score (nSPS) is 10.4. The molecule has 1 heterocycles. The van der Waals surface area contributed by atoms with E-state index in [0.717, 1.165) is 28.5 Å². The van der Waals surface area contributed by atoms with E-state index in [9.17, 15) is 0 Å². The molecule has 3 nitrogen and oxygen atoms in total. The van der Waals surface area contributed by atoms with E-state index >= 15 is 0 Å². The van der Waals surface area contributed by atoms with Crippen LogP contribution >= 0.6 is 11.6 Å². The highest BCUT2D eigenvalue weighted by atomic mass is 35.5. The van der Waals surface area contributed by atoms with Gasteiger partial charge in [0, 0.05) is 18.5 Å². The summed E-state index contributed by atoms with van der Waals surface area (Å²) in [4.78, 5) is 4.33. The number of halogens is 1. The van der Waals surface area contributed by atoms with Crippen molar-refractivity contribution in [1.82, 2.24) is 4.98 Å². The summed E-state index contributed by atoms with van der Waals surface area (Å²) in [6, 6.07) is 8.31. The average Bonchev–Trinajstić information content (AvgIpc) is 2.60. The number of oxazole rings is 1. The van der Waals surface area contributed by atoms with Crippen LogP contribution < -0.4 is 5.32 Å². The molecule has 2 aromatic rings. The third-order valence-electron chi connectivity index (χ3n) is 2.37. The zero-order chi connectivity index (χ0) is 11.5. The summed E-state index contributed by atoms with van der Waals surface area (Å²) in [6.07, 6.45) is 0.734. The second-order valence-electron chi connectivity index (χ2n) is 3.58. The molecule has 0 radical (unpaired) electrons. The molecule has 0 spiro atoms. The van der Waals surface area contributed by atoms with Gasteiger partial charge in [0.1, 0.15) is 5.76 Å². The van der Waals surface area contributed by atoms with E-state index in [1.165, 1.54) is 0 Å². The number of anilines is 1. The van der Waals surface area contributed by atoms with Crippen LogP contribution in [0.25, 0.3) is 0 Å². The van der Waals surface area contributed by atoms with Gasteiger partial charge in [-0.3, -0.25) is 0 Å². The predicted octanol–water partition coefficient (Wildman–Crippen LogP) is 3.27. The SMILES string of the molecule is CNc1nc(Cc2cccc(Cl)c2)c(C)o1.